The average molecular weight is 242 g/mol. The molecule has 0 fully saturated rings. The van der Waals surface area contributed by atoms with Crippen molar-refractivity contribution in [1.82, 2.24) is 0 Å². The van der Waals surface area contributed by atoms with Gasteiger partial charge in [0.2, 0.25) is 0 Å². The summed E-state index contributed by atoms with van der Waals surface area (Å²) in [5.41, 5.74) is 5.05. The van der Waals surface area contributed by atoms with Crippen LogP contribution in [0.25, 0.3) is 0 Å². The van der Waals surface area contributed by atoms with Gasteiger partial charge in [0.1, 0.15) is 5.75 Å². The predicted octanol–water partition coefficient (Wildman–Crippen LogP) is 0.733. The molecule has 3 nitrogen and oxygen atoms in total. The van der Waals surface area contributed by atoms with E-state index in [2.05, 4.69) is 0 Å². The first-order chi connectivity index (χ1) is 5.12. The Morgan fingerprint density at radius 3 is 2.00 bits per heavy atom. The van der Waals surface area contributed by atoms with E-state index in [0.717, 1.165) is 0 Å². The maximum Gasteiger partial charge on any atom is 0.402 e. The van der Waals surface area contributed by atoms with Crippen LogP contribution in [0.15, 0.2) is 0 Å². The first-order valence-corrected chi connectivity index (χ1v) is 4.97. The lowest BCUT2D eigenvalue weighted by Crippen LogP contribution is -2.32. The number of hydrogen-bond donors (Lipinski definition) is 1. The highest BCUT2D eigenvalue weighted by molar-refractivity contribution is 7.91. The highest BCUT2D eigenvalue weighted by Gasteiger charge is 2.35. The van der Waals surface area contributed by atoms with Crippen LogP contribution in [-0.2, 0) is 9.84 Å². The van der Waals surface area contributed by atoms with Crippen LogP contribution in [-0.4, -0.2) is 32.1 Å². The quantitative estimate of drug-likeness (QED) is 0.793. The zero-order chi connectivity index (χ0) is 9.99. The summed E-state index contributed by atoms with van der Waals surface area (Å²) < 4.78 is 56.1. The lowest BCUT2D eigenvalue weighted by molar-refractivity contribution is -0.106. The summed E-state index contributed by atoms with van der Waals surface area (Å²) in [5.74, 6) is -2.42. The minimum absolute atomic E-state index is 0. The molecule has 0 saturated heterocycles. The van der Waals surface area contributed by atoms with E-state index in [0.29, 0.717) is 0 Å². The number of alkyl halides is 3. The summed E-state index contributed by atoms with van der Waals surface area (Å²) in [6, 6.07) is -0.766. The summed E-state index contributed by atoms with van der Waals surface area (Å²) in [6.07, 6.45) is -4.67. The largest absolute Gasteiger partial charge is 0.402 e. The Balaban J connectivity index is 0. The minimum Gasteiger partial charge on any atom is -0.327 e. The molecule has 0 aromatic heterocycles. The Morgan fingerprint density at radius 1 is 1.38 bits per heavy atom. The van der Waals surface area contributed by atoms with E-state index in [-0.39, 0.29) is 12.4 Å². The van der Waals surface area contributed by atoms with Gasteiger partial charge in [-0.15, -0.1) is 12.4 Å². The van der Waals surface area contributed by atoms with Gasteiger partial charge in [0.05, 0.1) is 5.75 Å². The molecule has 0 aromatic carbocycles. The van der Waals surface area contributed by atoms with Crippen LogP contribution in [0.3, 0.4) is 0 Å². The number of halogens is 4. The summed E-state index contributed by atoms with van der Waals surface area (Å²) >= 11 is 0. The fraction of sp³-hybridized carbons (Fsp3) is 1.00. The van der Waals surface area contributed by atoms with Crippen LogP contribution in [0, 0.1) is 0 Å². The molecule has 0 aliphatic carbocycles. The molecule has 8 heteroatoms. The Kier molecular flexibility index (Phi) is 5.97. The van der Waals surface area contributed by atoms with Crippen molar-refractivity contribution >= 4 is 22.2 Å². The molecule has 1 atom stereocenters. The minimum atomic E-state index is -4.67. The molecule has 0 heterocycles. The number of nitrogens with two attached hydrogens (primary N) is 1. The van der Waals surface area contributed by atoms with Gasteiger partial charge in [-0.2, -0.15) is 13.2 Å². The third kappa shape index (κ3) is 9.91. The molecule has 0 amide bonds. The van der Waals surface area contributed by atoms with Gasteiger partial charge < -0.3 is 5.73 Å². The van der Waals surface area contributed by atoms with Gasteiger partial charge in [0.25, 0.3) is 0 Å². The third-order valence-electron chi connectivity index (χ3n) is 0.900. The van der Waals surface area contributed by atoms with E-state index in [9.17, 15) is 21.6 Å². The predicted molar refractivity (Wildman–Crippen MR) is 45.6 cm³/mol. The van der Waals surface area contributed by atoms with E-state index >= 15 is 0 Å². The van der Waals surface area contributed by atoms with E-state index in [1.807, 2.05) is 0 Å². The smallest absolute Gasteiger partial charge is 0.327 e. The molecule has 0 bridgehead atoms. The highest BCUT2D eigenvalue weighted by Crippen LogP contribution is 2.17. The fourth-order valence-electron chi connectivity index (χ4n) is 0.709. The molecule has 82 valence electrons. The summed E-state index contributed by atoms with van der Waals surface area (Å²) in [4.78, 5) is 0. The first kappa shape index (κ1) is 15.5. The molecule has 0 radical (unpaired) electrons. The van der Waals surface area contributed by atoms with Crippen molar-refractivity contribution < 1.29 is 21.6 Å². The van der Waals surface area contributed by atoms with Crippen LogP contribution in [0.2, 0.25) is 0 Å². The van der Waals surface area contributed by atoms with Crippen molar-refractivity contribution in [3.05, 3.63) is 0 Å². The molecule has 0 saturated carbocycles. The van der Waals surface area contributed by atoms with E-state index in [1.165, 1.54) is 6.92 Å². The Morgan fingerprint density at radius 2 is 1.77 bits per heavy atom. The number of rotatable bonds is 3. The van der Waals surface area contributed by atoms with Gasteiger partial charge >= 0.3 is 6.18 Å². The zero-order valence-electron chi connectivity index (χ0n) is 6.84. The molecule has 0 aliphatic rings. The second-order valence-electron chi connectivity index (χ2n) is 2.65. The van der Waals surface area contributed by atoms with Crippen molar-refractivity contribution in [2.45, 2.75) is 19.1 Å². The fourth-order valence-corrected chi connectivity index (χ4v) is 2.13. The monoisotopic (exact) mass is 241 g/mol. The van der Waals surface area contributed by atoms with E-state index in [4.69, 9.17) is 5.73 Å². The topological polar surface area (TPSA) is 60.2 Å². The van der Waals surface area contributed by atoms with Crippen molar-refractivity contribution in [3.63, 3.8) is 0 Å². The Bertz CT molecular complexity index is 237. The average Bonchev–Trinajstić information content (AvgIpc) is 1.48. The molecule has 2 N–H and O–H groups in total. The molecule has 13 heavy (non-hydrogen) atoms. The lowest BCUT2D eigenvalue weighted by atomic mass is 10.4. The van der Waals surface area contributed by atoms with Gasteiger partial charge in [-0.25, -0.2) is 8.42 Å². The van der Waals surface area contributed by atoms with Gasteiger partial charge in [-0.3, -0.25) is 0 Å². The van der Waals surface area contributed by atoms with Crippen LogP contribution in [0.5, 0.6) is 0 Å². The van der Waals surface area contributed by atoms with Crippen molar-refractivity contribution in [2.24, 2.45) is 5.73 Å². The molecule has 0 aliphatic heterocycles. The van der Waals surface area contributed by atoms with Crippen LogP contribution in [0.4, 0.5) is 13.2 Å². The second kappa shape index (κ2) is 5.02. The summed E-state index contributed by atoms with van der Waals surface area (Å²) in [5, 5.41) is 0. The zero-order valence-corrected chi connectivity index (χ0v) is 8.47. The lowest BCUT2D eigenvalue weighted by Gasteiger charge is -2.08. The van der Waals surface area contributed by atoms with Crippen molar-refractivity contribution in [2.75, 3.05) is 11.5 Å². The number of sulfone groups is 1. The first-order valence-electron chi connectivity index (χ1n) is 3.15. The Hall–Kier alpha value is -0.0100. The van der Waals surface area contributed by atoms with Gasteiger partial charge in [0.15, 0.2) is 9.84 Å². The highest BCUT2D eigenvalue weighted by atomic mass is 35.5. The van der Waals surface area contributed by atoms with Crippen molar-refractivity contribution in [1.29, 1.82) is 0 Å². The van der Waals surface area contributed by atoms with Crippen LogP contribution < -0.4 is 5.73 Å². The molecule has 0 spiro atoms. The van der Waals surface area contributed by atoms with E-state index < -0.39 is 33.6 Å². The maximum atomic E-state index is 11.6. The van der Waals surface area contributed by atoms with Gasteiger partial charge in [-0.1, -0.05) is 0 Å². The summed E-state index contributed by atoms with van der Waals surface area (Å²) in [6.45, 7) is 1.34. The van der Waals surface area contributed by atoms with Gasteiger partial charge in [0, 0.05) is 6.04 Å². The molecule has 0 rings (SSSR count). The Labute approximate surface area is 80.8 Å². The molecular formula is C5H11ClF3NO2S. The van der Waals surface area contributed by atoms with Gasteiger partial charge in [-0.05, 0) is 6.92 Å². The van der Waals surface area contributed by atoms with Crippen molar-refractivity contribution in [3.8, 4) is 0 Å². The van der Waals surface area contributed by atoms with Crippen LogP contribution >= 0.6 is 12.4 Å². The standard InChI is InChI=1S/C5H10F3NO2S.ClH/c1-4(9)2-12(10,11)3-5(6,7)8;/h4H,2-3,9H2,1H3;1H. The second-order valence-corrected chi connectivity index (χ2v) is 4.76. The molecular weight excluding hydrogens is 231 g/mol. The number of hydrogen-bond acceptors (Lipinski definition) is 3. The maximum absolute atomic E-state index is 11.6. The molecule has 1 unspecified atom stereocenters. The SMILES string of the molecule is CC(N)CS(=O)(=O)CC(F)(F)F.Cl. The van der Waals surface area contributed by atoms with Crippen LogP contribution in [0.1, 0.15) is 6.92 Å². The third-order valence-corrected chi connectivity index (χ3v) is 2.70. The molecule has 0 aromatic rings. The normalized spacial score (nSPS) is 14.8. The van der Waals surface area contributed by atoms with E-state index in [1.54, 1.807) is 0 Å². The summed E-state index contributed by atoms with van der Waals surface area (Å²) in [7, 11) is -4.09.